The fourth-order valence-corrected chi connectivity index (χ4v) is 1.49. The first-order chi connectivity index (χ1) is 8.83. The predicted octanol–water partition coefficient (Wildman–Crippen LogP) is 1.87. The molecule has 1 atom stereocenters. The summed E-state index contributed by atoms with van der Waals surface area (Å²) in [7, 11) is 0. The highest BCUT2D eigenvalue weighted by molar-refractivity contribution is 5.89. The summed E-state index contributed by atoms with van der Waals surface area (Å²) in [6, 6.07) is 3.62. The summed E-state index contributed by atoms with van der Waals surface area (Å²) >= 11 is 0. The normalized spacial score (nSPS) is 13.6. The summed E-state index contributed by atoms with van der Waals surface area (Å²) in [5, 5.41) is 32.0. The first kappa shape index (κ1) is 14.9. The number of nitrogens with one attached hydrogen (secondary N) is 1. The Morgan fingerprint density at radius 2 is 2.16 bits per heavy atom. The van der Waals surface area contributed by atoms with E-state index < -0.39 is 16.4 Å². The second kappa shape index (κ2) is 5.66. The Morgan fingerprint density at radius 3 is 2.58 bits per heavy atom. The van der Waals surface area contributed by atoms with E-state index in [1.807, 2.05) is 6.92 Å². The van der Waals surface area contributed by atoms with Crippen LogP contribution in [0.5, 0.6) is 0 Å². The molecule has 0 fully saturated rings. The Kier molecular flexibility index (Phi) is 4.44. The lowest BCUT2D eigenvalue weighted by atomic mass is 9.99. The molecular formula is C12H16N2O5. The average molecular weight is 268 g/mol. The van der Waals surface area contributed by atoms with Crippen molar-refractivity contribution in [3.63, 3.8) is 0 Å². The third-order valence-electron chi connectivity index (χ3n) is 3.01. The number of carbonyl (C=O) groups is 1. The van der Waals surface area contributed by atoms with E-state index in [4.69, 9.17) is 5.11 Å². The molecule has 0 spiro atoms. The van der Waals surface area contributed by atoms with E-state index >= 15 is 0 Å². The maximum atomic E-state index is 11.0. The monoisotopic (exact) mass is 268 g/mol. The number of hydrogen-bond donors (Lipinski definition) is 3. The summed E-state index contributed by atoms with van der Waals surface area (Å²) in [6.45, 7) is 3.36. The van der Waals surface area contributed by atoms with Gasteiger partial charge < -0.3 is 15.5 Å². The van der Waals surface area contributed by atoms with Crippen molar-refractivity contribution < 1.29 is 19.9 Å². The maximum absolute atomic E-state index is 11.0. The number of carboxylic acid groups (broad SMARTS) is 1. The smallest absolute Gasteiger partial charge is 0.335 e. The van der Waals surface area contributed by atoms with E-state index in [2.05, 4.69) is 5.32 Å². The van der Waals surface area contributed by atoms with Gasteiger partial charge in [-0.3, -0.25) is 10.1 Å². The molecule has 0 heterocycles. The van der Waals surface area contributed by atoms with E-state index in [0.29, 0.717) is 6.42 Å². The van der Waals surface area contributed by atoms with Crippen LogP contribution in [0.2, 0.25) is 0 Å². The molecule has 0 radical (unpaired) electrons. The van der Waals surface area contributed by atoms with Crippen LogP contribution in [0.3, 0.4) is 0 Å². The van der Waals surface area contributed by atoms with Gasteiger partial charge in [0.25, 0.3) is 5.69 Å². The van der Waals surface area contributed by atoms with Crippen molar-refractivity contribution in [2.75, 3.05) is 11.9 Å². The van der Waals surface area contributed by atoms with Crippen LogP contribution in [0.25, 0.3) is 0 Å². The van der Waals surface area contributed by atoms with Crippen LogP contribution in [0.1, 0.15) is 30.6 Å². The van der Waals surface area contributed by atoms with Crippen LogP contribution in [0.15, 0.2) is 18.2 Å². The molecular weight excluding hydrogens is 252 g/mol. The molecule has 0 saturated carbocycles. The van der Waals surface area contributed by atoms with Gasteiger partial charge in [-0.05, 0) is 25.5 Å². The number of aliphatic hydroxyl groups is 1. The van der Waals surface area contributed by atoms with Crippen LogP contribution in [-0.2, 0) is 0 Å². The second-order valence-electron chi connectivity index (χ2n) is 4.49. The third kappa shape index (κ3) is 3.41. The standard InChI is InChI=1S/C12H16N2O5/c1-3-12(2,7-15)13-9-5-4-8(11(16)17)6-10(9)14(18)19/h4-6,13,15H,3,7H2,1-2H3,(H,16,17). The first-order valence-corrected chi connectivity index (χ1v) is 5.73. The Hall–Kier alpha value is -2.15. The highest BCUT2D eigenvalue weighted by Gasteiger charge is 2.25. The van der Waals surface area contributed by atoms with Gasteiger partial charge in [0.1, 0.15) is 5.69 Å². The van der Waals surface area contributed by atoms with Gasteiger partial charge in [-0.1, -0.05) is 6.92 Å². The van der Waals surface area contributed by atoms with Crippen LogP contribution in [-0.4, -0.2) is 33.3 Å². The molecule has 0 amide bonds. The van der Waals surface area contributed by atoms with Crippen molar-refractivity contribution in [2.45, 2.75) is 25.8 Å². The molecule has 104 valence electrons. The number of rotatable bonds is 6. The van der Waals surface area contributed by atoms with Gasteiger partial charge in [-0.2, -0.15) is 0 Å². The van der Waals surface area contributed by atoms with E-state index in [0.717, 1.165) is 6.07 Å². The minimum absolute atomic E-state index is 0.153. The summed E-state index contributed by atoms with van der Waals surface area (Å²) in [5.41, 5.74) is -0.990. The summed E-state index contributed by atoms with van der Waals surface area (Å²) in [6.07, 6.45) is 0.557. The second-order valence-corrected chi connectivity index (χ2v) is 4.49. The fraction of sp³-hybridized carbons (Fsp3) is 0.417. The highest BCUT2D eigenvalue weighted by atomic mass is 16.6. The van der Waals surface area contributed by atoms with Gasteiger partial charge in [0.2, 0.25) is 0 Å². The van der Waals surface area contributed by atoms with E-state index in [1.54, 1.807) is 6.92 Å². The van der Waals surface area contributed by atoms with E-state index in [9.17, 15) is 20.0 Å². The Balaban J connectivity index is 3.21. The van der Waals surface area contributed by atoms with Crippen molar-refractivity contribution in [2.24, 2.45) is 0 Å². The molecule has 0 aliphatic rings. The van der Waals surface area contributed by atoms with Crippen molar-refractivity contribution in [1.29, 1.82) is 0 Å². The number of aromatic carboxylic acids is 1. The zero-order valence-corrected chi connectivity index (χ0v) is 10.7. The lowest BCUT2D eigenvalue weighted by Gasteiger charge is -2.28. The molecule has 3 N–H and O–H groups in total. The number of aliphatic hydroxyl groups excluding tert-OH is 1. The van der Waals surface area contributed by atoms with Crippen molar-refractivity contribution in [1.82, 2.24) is 0 Å². The topological polar surface area (TPSA) is 113 Å². The largest absolute Gasteiger partial charge is 0.478 e. The Morgan fingerprint density at radius 1 is 1.53 bits per heavy atom. The minimum Gasteiger partial charge on any atom is -0.478 e. The molecule has 1 aromatic rings. The van der Waals surface area contributed by atoms with Crippen LogP contribution >= 0.6 is 0 Å². The number of anilines is 1. The molecule has 19 heavy (non-hydrogen) atoms. The molecule has 7 nitrogen and oxygen atoms in total. The van der Waals surface area contributed by atoms with Crippen molar-refractivity contribution in [3.8, 4) is 0 Å². The van der Waals surface area contributed by atoms with Gasteiger partial charge in [-0.25, -0.2) is 4.79 Å². The molecule has 1 rings (SSSR count). The van der Waals surface area contributed by atoms with Crippen molar-refractivity contribution >= 4 is 17.3 Å². The van der Waals surface area contributed by atoms with E-state index in [1.165, 1.54) is 12.1 Å². The Bertz CT molecular complexity index is 497. The molecule has 1 aromatic carbocycles. The first-order valence-electron chi connectivity index (χ1n) is 5.73. The summed E-state index contributed by atoms with van der Waals surface area (Å²) in [5.74, 6) is -1.23. The van der Waals surface area contributed by atoms with Crippen LogP contribution in [0, 0.1) is 10.1 Å². The number of benzene rings is 1. The van der Waals surface area contributed by atoms with E-state index in [-0.39, 0.29) is 23.5 Å². The summed E-state index contributed by atoms with van der Waals surface area (Å²) in [4.78, 5) is 21.1. The summed E-state index contributed by atoms with van der Waals surface area (Å²) < 4.78 is 0. The lowest BCUT2D eigenvalue weighted by Crippen LogP contribution is -2.38. The fourth-order valence-electron chi connectivity index (χ4n) is 1.49. The number of hydrogen-bond acceptors (Lipinski definition) is 5. The molecule has 0 aliphatic carbocycles. The van der Waals surface area contributed by atoms with Gasteiger partial charge in [0, 0.05) is 6.07 Å². The third-order valence-corrected chi connectivity index (χ3v) is 3.01. The minimum atomic E-state index is -1.23. The van der Waals surface area contributed by atoms with Gasteiger partial charge >= 0.3 is 5.97 Å². The predicted molar refractivity (Wildman–Crippen MR) is 69.5 cm³/mol. The molecule has 0 bridgehead atoms. The van der Waals surface area contributed by atoms with Crippen LogP contribution < -0.4 is 5.32 Å². The van der Waals surface area contributed by atoms with Crippen LogP contribution in [0.4, 0.5) is 11.4 Å². The average Bonchev–Trinajstić information content (AvgIpc) is 2.38. The highest BCUT2D eigenvalue weighted by Crippen LogP contribution is 2.29. The van der Waals surface area contributed by atoms with Gasteiger partial charge in [0.05, 0.1) is 22.6 Å². The lowest BCUT2D eigenvalue weighted by molar-refractivity contribution is -0.384. The number of nitro benzene ring substituents is 1. The maximum Gasteiger partial charge on any atom is 0.335 e. The molecule has 7 heteroatoms. The SMILES string of the molecule is CCC(C)(CO)Nc1ccc(C(=O)O)cc1[N+](=O)[O-]. The number of carboxylic acids is 1. The molecule has 1 unspecified atom stereocenters. The molecule has 0 saturated heterocycles. The Labute approximate surface area is 110 Å². The number of nitrogens with zero attached hydrogens (tertiary/aromatic N) is 1. The molecule has 0 aliphatic heterocycles. The number of nitro groups is 1. The van der Waals surface area contributed by atoms with Crippen molar-refractivity contribution in [3.05, 3.63) is 33.9 Å². The quantitative estimate of drug-likeness (QED) is 0.536. The zero-order chi connectivity index (χ0) is 14.6. The zero-order valence-electron chi connectivity index (χ0n) is 10.7. The molecule has 0 aromatic heterocycles. The van der Waals surface area contributed by atoms with Gasteiger partial charge in [0.15, 0.2) is 0 Å². The van der Waals surface area contributed by atoms with Gasteiger partial charge in [-0.15, -0.1) is 0 Å².